The first-order chi connectivity index (χ1) is 8.22. The Bertz CT molecular complexity index is 414. The molecule has 1 unspecified atom stereocenters. The Morgan fingerprint density at radius 3 is 3.06 bits per heavy atom. The van der Waals surface area contributed by atoms with Gasteiger partial charge in [0.05, 0.1) is 0 Å². The third-order valence-electron chi connectivity index (χ3n) is 3.08. The Labute approximate surface area is 100 Å². The zero-order valence-electron chi connectivity index (χ0n) is 9.81. The van der Waals surface area contributed by atoms with Gasteiger partial charge >= 0.3 is 5.97 Å². The van der Waals surface area contributed by atoms with Crippen molar-refractivity contribution in [1.29, 1.82) is 0 Å². The molecule has 0 heterocycles. The van der Waals surface area contributed by atoms with Crippen LogP contribution in [0.15, 0.2) is 18.2 Å². The lowest BCUT2D eigenvalue weighted by atomic mass is 9.98. The highest BCUT2D eigenvalue weighted by atomic mass is 17.2. The molecule has 1 N–H and O–H groups in total. The SMILES string of the molecule is CC(=O)OOc1cccc2c1CCC2CCO. The van der Waals surface area contributed by atoms with E-state index in [1.165, 1.54) is 12.5 Å². The lowest BCUT2D eigenvalue weighted by molar-refractivity contribution is -0.211. The summed E-state index contributed by atoms with van der Waals surface area (Å²) in [6, 6.07) is 5.72. The minimum Gasteiger partial charge on any atom is -0.396 e. The van der Waals surface area contributed by atoms with Crippen LogP contribution in [0.25, 0.3) is 0 Å². The number of aliphatic hydroxyl groups excluding tert-OH is 1. The topological polar surface area (TPSA) is 55.8 Å². The highest BCUT2D eigenvalue weighted by Gasteiger charge is 2.25. The summed E-state index contributed by atoms with van der Waals surface area (Å²) in [7, 11) is 0. The molecule has 0 spiro atoms. The second-order valence-corrected chi connectivity index (χ2v) is 4.23. The molecule has 0 aliphatic heterocycles. The molecule has 17 heavy (non-hydrogen) atoms. The van der Waals surface area contributed by atoms with Gasteiger partial charge in [0, 0.05) is 19.1 Å². The average molecular weight is 236 g/mol. The minimum absolute atomic E-state index is 0.194. The van der Waals surface area contributed by atoms with E-state index < -0.39 is 5.97 Å². The molecule has 4 nitrogen and oxygen atoms in total. The van der Waals surface area contributed by atoms with Crippen molar-refractivity contribution in [3.05, 3.63) is 29.3 Å². The van der Waals surface area contributed by atoms with Crippen LogP contribution < -0.4 is 4.89 Å². The summed E-state index contributed by atoms with van der Waals surface area (Å²) >= 11 is 0. The first-order valence-electron chi connectivity index (χ1n) is 5.80. The van der Waals surface area contributed by atoms with Crippen molar-refractivity contribution in [3.8, 4) is 5.75 Å². The summed E-state index contributed by atoms with van der Waals surface area (Å²) in [5.74, 6) is 0.529. The fourth-order valence-electron chi connectivity index (χ4n) is 2.34. The van der Waals surface area contributed by atoms with Gasteiger partial charge < -0.3 is 5.11 Å². The van der Waals surface area contributed by atoms with Crippen molar-refractivity contribution in [2.45, 2.75) is 32.1 Å². The van der Waals surface area contributed by atoms with E-state index in [9.17, 15) is 4.79 Å². The molecule has 0 fully saturated rings. The maximum atomic E-state index is 10.7. The van der Waals surface area contributed by atoms with Crippen LogP contribution in [0.1, 0.15) is 36.8 Å². The van der Waals surface area contributed by atoms with E-state index in [0.717, 1.165) is 24.8 Å². The molecule has 1 atom stereocenters. The fourth-order valence-corrected chi connectivity index (χ4v) is 2.34. The highest BCUT2D eigenvalue weighted by Crippen LogP contribution is 2.39. The molecule has 1 aromatic rings. The molecule has 0 amide bonds. The number of rotatable bonds is 4. The van der Waals surface area contributed by atoms with Gasteiger partial charge in [0.1, 0.15) is 0 Å². The molecule has 1 aromatic carbocycles. The summed E-state index contributed by atoms with van der Waals surface area (Å²) in [5.41, 5.74) is 2.29. The molecule has 0 saturated carbocycles. The minimum atomic E-state index is -0.465. The van der Waals surface area contributed by atoms with E-state index in [1.54, 1.807) is 6.07 Å². The number of carbonyl (C=O) groups is 1. The molecule has 0 aromatic heterocycles. The number of fused-ring (bicyclic) bond motifs is 1. The Morgan fingerprint density at radius 2 is 2.35 bits per heavy atom. The lowest BCUT2D eigenvalue weighted by Crippen LogP contribution is -2.04. The van der Waals surface area contributed by atoms with Crippen LogP contribution in [-0.2, 0) is 16.1 Å². The van der Waals surface area contributed by atoms with Gasteiger partial charge in [-0.2, -0.15) is 0 Å². The van der Waals surface area contributed by atoms with Gasteiger partial charge in [-0.1, -0.05) is 12.1 Å². The lowest BCUT2D eigenvalue weighted by Gasteiger charge is -2.11. The van der Waals surface area contributed by atoms with E-state index >= 15 is 0 Å². The zero-order valence-corrected chi connectivity index (χ0v) is 9.81. The average Bonchev–Trinajstić information content (AvgIpc) is 2.71. The quantitative estimate of drug-likeness (QED) is 0.641. The predicted octanol–water partition coefficient (Wildman–Crippen LogP) is 1.96. The first kappa shape index (κ1) is 11.9. The third-order valence-corrected chi connectivity index (χ3v) is 3.08. The molecule has 0 radical (unpaired) electrons. The van der Waals surface area contributed by atoms with Crippen LogP contribution in [0.3, 0.4) is 0 Å². The number of benzene rings is 1. The van der Waals surface area contributed by atoms with Gasteiger partial charge in [0.15, 0.2) is 5.75 Å². The first-order valence-corrected chi connectivity index (χ1v) is 5.80. The van der Waals surface area contributed by atoms with Gasteiger partial charge in [-0.15, -0.1) is 0 Å². The second-order valence-electron chi connectivity index (χ2n) is 4.23. The number of hydrogen-bond acceptors (Lipinski definition) is 4. The standard InChI is InChI=1S/C13H16O4/c1-9(15)16-17-13-4-2-3-11-10(7-8-14)5-6-12(11)13/h2-4,10,14H,5-8H2,1H3. The number of carbonyl (C=O) groups excluding carboxylic acids is 1. The molecule has 4 heteroatoms. The Balaban J connectivity index is 2.17. The van der Waals surface area contributed by atoms with Crippen molar-refractivity contribution < 1.29 is 19.7 Å². The van der Waals surface area contributed by atoms with Crippen molar-refractivity contribution in [2.75, 3.05) is 6.61 Å². The van der Waals surface area contributed by atoms with E-state index in [2.05, 4.69) is 4.89 Å². The second kappa shape index (κ2) is 5.19. The van der Waals surface area contributed by atoms with Crippen molar-refractivity contribution in [3.63, 3.8) is 0 Å². The Hall–Kier alpha value is -1.55. The van der Waals surface area contributed by atoms with Crippen LogP contribution in [0.5, 0.6) is 5.75 Å². The summed E-state index contributed by atoms with van der Waals surface area (Å²) in [6.45, 7) is 1.50. The van der Waals surface area contributed by atoms with E-state index in [0.29, 0.717) is 11.7 Å². The summed E-state index contributed by atoms with van der Waals surface area (Å²) < 4.78 is 0. The smallest absolute Gasteiger partial charge is 0.352 e. The van der Waals surface area contributed by atoms with Crippen LogP contribution in [0.2, 0.25) is 0 Å². The molecule has 1 aliphatic rings. The molecule has 2 rings (SSSR count). The van der Waals surface area contributed by atoms with Gasteiger partial charge in [-0.05, 0) is 36.8 Å². The van der Waals surface area contributed by atoms with Crippen molar-refractivity contribution >= 4 is 5.97 Å². The molecule has 1 aliphatic carbocycles. The normalized spacial score (nSPS) is 17.6. The van der Waals surface area contributed by atoms with Gasteiger partial charge in [-0.3, -0.25) is 9.78 Å². The van der Waals surface area contributed by atoms with Crippen LogP contribution >= 0.6 is 0 Å². The van der Waals surface area contributed by atoms with Crippen LogP contribution in [0.4, 0.5) is 0 Å². The van der Waals surface area contributed by atoms with Gasteiger partial charge in [0.25, 0.3) is 0 Å². The monoisotopic (exact) mass is 236 g/mol. The molecule has 92 valence electrons. The third kappa shape index (κ3) is 2.58. The summed E-state index contributed by atoms with van der Waals surface area (Å²) in [6.07, 6.45) is 2.68. The molecule has 0 saturated heterocycles. The largest absolute Gasteiger partial charge is 0.396 e. The van der Waals surface area contributed by atoms with Crippen molar-refractivity contribution in [1.82, 2.24) is 0 Å². The fraction of sp³-hybridized carbons (Fsp3) is 0.462. The van der Waals surface area contributed by atoms with Crippen LogP contribution in [0, 0.1) is 0 Å². The Morgan fingerprint density at radius 1 is 1.53 bits per heavy atom. The van der Waals surface area contributed by atoms with Crippen LogP contribution in [-0.4, -0.2) is 17.7 Å². The van der Waals surface area contributed by atoms with Gasteiger partial charge in [0.2, 0.25) is 0 Å². The Kier molecular flexibility index (Phi) is 3.64. The highest BCUT2D eigenvalue weighted by molar-refractivity contribution is 5.65. The maximum Gasteiger partial charge on any atom is 0.352 e. The molecule has 0 bridgehead atoms. The van der Waals surface area contributed by atoms with E-state index in [4.69, 9.17) is 9.99 Å². The number of aliphatic hydroxyl groups is 1. The van der Waals surface area contributed by atoms with Crippen molar-refractivity contribution in [2.24, 2.45) is 0 Å². The molecular weight excluding hydrogens is 220 g/mol. The maximum absolute atomic E-state index is 10.7. The zero-order chi connectivity index (χ0) is 12.3. The van der Waals surface area contributed by atoms with Gasteiger partial charge in [-0.25, -0.2) is 4.79 Å². The van der Waals surface area contributed by atoms with E-state index in [1.807, 2.05) is 12.1 Å². The van der Waals surface area contributed by atoms with E-state index in [-0.39, 0.29) is 6.61 Å². The number of hydrogen-bond donors (Lipinski definition) is 1. The summed E-state index contributed by atoms with van der Waals surface area (Å²) in [4.78, 5) is 20.3. The molecular formula is C13H16O4. The summed E-state index contributed by atoms with van der Waals surface area (Å²) in [5, 5.41) is 9.00. The predicted molar refractivity (Wildman–Crippen MR) is 61.6 cm³/mol.